The van der Waals surface area contributed by atoms with Gasteiger partial charge in [-0.25, -0.2) is 8.42 Å². The second-order valence-corrected chi connectivity index (χ2v) is 8.99. The van der Waals surface area contributed by atoms with Gasteiger partial charge in [-0.1, -0.05) is 23.7 Å². The lowest BCUT2D eigenvalue weighted by Crippen LogP contribution is -2.48. The molecule has 0 saturated carbocycles. The second kappa shape index (κ2) is 8.42. The molecule has 2 amide bonds. The Bertz CT molecular complexity index is 1050. The van der Waals surface area contributed by atoms with Gasteiger partial charge in [0.1, 0.15) is 4.90 Å². The fourth-order valence-corrected chi connectivity index (χ4v) is 4.77. The molecule has 2 aromatic carbocycles. The molecule has 7 nitrogen and oxygen atoms in total. The first kappa shape index (κ1) is 21.1. The fraction of sp³-hybridized carbons (Fsp3) is 0.300. The zero-order valence-corrected chi connectivity index (χ0v) is 17.8. The molecule has 2 aromatic rings. The summed E-state index contributed by atoms with van der Waals surface area (Å²) < 4.78 is 28.5. The number of anilines is 1. The maximum atomic E-state index is 13.0. The van der Waals surface area contributed by atoms with Gasteiger partial charge < -0.3 is 9.80 Å². The molecule has 3 rings (SSSR count). The average molecular weight is 436 g/mol. The summed E-state index contributed by atoms with van der Waals surface area (Å²) in [5.74, 6) is -0.296. The molecule has 29 heavy (non-hydrogen) atoms. The Labute approximate surface area is 175 Å². The van der Waals surface area contributed by atoms with E-state index in [4.69, 9.17) is 11.6 Å². The minimum atomic E-state index is -3.99. The van der Waals surface area contributed by atoms with E-state index in [0.29, 0.717) is 31.9 Å². The van der Waals surface area contributed by atoms with Crippen LogP contribution in [0.25, 0.3) is 0 Å². The maximum absolute atomic E-state index is 13.0. The van der Waals surface area contributed by atoms with Crippen molar-refractivity contribution in [3.05, 3.63) is 58.1 Å². The van der Waals surface area contributed by atoms with Crippen LogP contribution in [0.3, 0.4) is 0 Å². The number of benzene rings is 2. The molecule has 0 radical (unpaired) electrons. The van der Waals surface area contributed by atoms with Crippen molar-refractivity contribution >= 4 is 39.6 Å². The first-order valence-electron chi connectivity index (χ1n) is 9.10. The van der Waals surface area contributed by atoms with Crippen molar-refractivity contribution in [2.45, 2.75) is 18.7 Å². The minimum Gasteiger partial charge on any atom is -0.342 e. The van der Waals surface area contributed by atoms with Crippen LogP contribution in [0.4, 0.5) is 5.69 Å². The van der Waals surface area contributed by atoms with Gasteiger partial charge >= 0.3 is 0 Å². The van der Waals surface area contributed by atoms with Crippen LogP contribution >= 0.6 is 11.6 Å². The zero-order chi connectivity index (χ0) is 21.2. The zero-order valence-electron chi connectivity index (χ0n) is 16.2. The molecule has 0 unspecified atom stereocenters. The molecule has 0 aromatic heterocycles. The quantitative estimate of drug-likeness (QED) is 0.731. The third-order valence-electron chi connectivity index (χ3n) is 5.07. The van der Waals surface area contributed by atoms with Crippen molar-refractivity contribution in [3.8, 4) is 0 Å². The Kier molecular flexibility index (Phi) is 6.14. The summed E-state index contributed by atoms with van der Waals surface area (Å²) in [5.41, 5.74) is 2.46. The Hall–Kier alpha value is -2.58. The van der Waals surface area contributed by atoms with Crippen LogP contribution in [0, 0.1) is 13.8 Å². The molecule has 1 N–H and O–H groups in total. The lowest BCUT2D eigenvalue weighted by atomic mass is 10.1. The number of piperazine rings is 1. The molecule has 0 atom stereocenters. The number of sulfonamides is 1. The first-order valence-corrected chi connectivity index (χ1v) is 11.0. The minimum absolute atomic E-state index is 0.0325. The smallest absolute Gasteiger partial charge is 0.263 e. The summed E-state index contributed by atoms with van der Waals surface area (Å²) in [6, 6.07) is 9.55. The topological polar surface area (TPSA) is 86.8 Å². The van der Waals surface area contributed by atoms with E-state index >= 15 is 0 Å². The molecule has 1 aliphatic heterocycles. The third kappa shape index (κ3) is 4.54. The number of hydrogen-bond acceptors (Lipinski definition) is 4. The predicted octanol–water partition coefficient (Wildman–Crippen LogP) is 2.67. The summed E-state index contributed by atoms with van der Waals surface area (Å²) in [7, 11) is -3.99. The van der Waals surface area contributed by atoms with Crippen LogP contribution in [0.15, 0.2) is 41.3 Å². The van der Waals surface area contributed by atoms with Crippen LogP contribution in [-0.4, -0.2) is 56.7 Å². The number of hydrogen-bond donors (Lipinski definition) is 1. The average Bonchev–Trinajstić information content (AvgIpc) is 2.71. The highest BCUT2D eigenvalue weighted by Gasteiger charge is 2.25. The number of rotatable bonds is 5. The Morgan fingerprint density at radius 3 is 2.45 bits per heavy atom. The summed E-state index contributed by atoms with van der Waals surface area (Å²) in [4.78, 5) is 26.7. The predicted molar refractivity (Wildman–Crippen MR) is 112 cm³/mol. The first-order chi connectivity index (χ1) is 13.7. The van der Waals surface area contributed by atoms with E-state index in [1.54, 1.807) is 21.9 Å². The van der Waals surface area contributed by atoms with Crippen LogP contribution in [-0.2, 0) is 14.8 Å². The number of nitrogens with zero attached hydrogens (tertiary/aromatic N) is 2. The Balaban J connectivity index is 1.87. The van der Waals surface area contributed by atoms with Crippen molar-refractivity contribution < 1.29 is 18.0 Å². The SMILES string of the molecule is Cc1cccc(NS(=O)(=O)c2cc(C(=O)N3CCN(C=O)CC3)ccc2Cl)c1C. The lowest BCUT2D eigenvalue weighted by Gasteiger charge is -2.32. The molecule has 0 bridgehead atoms. The van der Waals surface area contributed by atoms with Gasteiger partial charge in [0.05, 0.1) is 10.7 Å². The van der Waals surface area contributed by atoms with E-state index < -0.39 is 10.0 Å². The van der Waals surface area contributed by atoms with E-state index in [2.05, 4.69) is 4.72 Å². The van der Waals surface area contributed by atoms with Gasteiger partial charge in [0.2, 0.25) is 6.41 Å². The van der Waals surface area contributed by atoms with Gasteiger partial charge in [-0.2, -0.15) is 0 Å². The van der Waals surface area contributed by atoms with E-state index in [1.807, 2.05) is 19.9 Å². The summed E-state index contributed by atoms with van der Waals surface area (Å²) >= 11 is 6.16. The number of carbonyl (C=O) groups is 2. The standard InChI is InChI=1S/C20H22ClN3O4S/c1-14-4-3-5-18(15(14)2)22-29(27,28)19-12-16(6-7-17(19)21)20(26)24-10-8-23(13-25)9-11-24/h3-7,12-13,22H,8-11H2,1-2H3. The summed E-state index contributed by atoms with van der Waals surface area (Å²) in [6.45, 7) is 5.40. The molecule has 1 aliphatic rings. The van der Waals surface area contributed by atoms with Gasteiger partial charge in [-0.05, 0) is 49.2 Å². The van der Waals surface area contributed by atoms with Crippen molar-refractivity contribution in [2.75, 3.05) is 30.9 Å². The Morgan fingerprint density at radius 1 is 1.10 bits per heavy atom. The maximum Gasteiger partial charge on any atom is 0.263 e. The Morgan fingerprint density at radius 2 is 1.79 bits per heavy atom. The molecule has 1 saturated heterocycles. The van der Waals surface area contributed by atoms with Gasteiger partial charge in [0, 0.05) is 31.7 Å². The van der Waals surface area contributed by atoms with E-state index in [0.717, 1.165) is 17.5 Å². The molecule has 1 fully saturated rings. The number of carbonyl (C=O) groups excluding carboxylic acids is 2. The van der Waals surface area contributed by atoms with E-state index in [1.165, 1.54) is 18.2 Å². The molecule has 154 valence electrons. The number of amides is 2. The highest BCUT2D eigenvalue weighted by Crippen LogP contribution is 2.27. The van der Waals surface area contributed by atoms with Gasteiger partial charge in [0.25, 0.3) is 15.9 Å². The highest BCUT2D eigenvalue weighted by atomic mass is 35.5. The second-order valence-electron chi connectivity index (χ2n) is 6.93. The lowest BCUT2D eigenvalue weighted by molar-refractivity contribution is -0.119. The number of nitrogens with one attached hydrogen (secondary N) is 1. The summed E-state index contributed by atoms with van der Waals surface area (Å²) in [5, 5.41) is 0.0325. The van der Waals surface area contributed by atoms with Gasteiger partial charge in [-0.3, -0.25) is 14.3 Å². The van der Waals surface area contributed by atoms with Crippen LogP contribution in [0.1, 0.15) is 21.5 Å². The van der Waals surface area contributed by atoms with Crippen LogP contribution < -0.4 is 4.72 Å². The van der Waals surface area contributed by atoms with Crippen LogP contribution in [0.2, 0.25) is 5.02 Å². The summed E-state index contributed by atoms with van der Waals surface area (Å²) in [6.07, 6.45) is 0.758. The molecular weight excluding hydrogens is 414 g/mol. The van der Waals surface area contributed by atoms with E-state index in [-0.39, 0.29) is 21.4 Å². The van der Waals surface area contributed by atoms with Crippen molar-refractivity contribution in [1.82, 2.24) is 9.80 Å². The monoisotopic (exact) mass is 435 g/mol. The number of halogens is 1. The largest absolute Gasteiger partial charge is 0.342 e. The third-order valence-corrected chi connectivity index (χ3v) is 6.91. The van der Waals surface area contributed by atoms with Crippen molar-refractivity contribution in [1.29, 1.82) is 0 Å². The van der Waals surface area contributed by atoms with Gasteiger partial charge in [-0.15, -0.1) is 0 Å². The fourth-order valence-electron chi connectivity index (χ4n) is 3.12. The molecule has 1 heterocycles. The highest BCUT2D eigenvalue weighted by molar-refractivity contribution is 7.92. The van der Waals surface area contributed by atoms with E-state index in [9.17, 15) is 18.0 Å². The molecule has 0 spiro atoms. The molecule has 9 heteroatoms. The normalized spacial score (nSPS) is 14.6. The molecule has 0 aliphatic carbocycles. The van der Waals surface area contributed by atoms with Crippen molar-refractivity contribution in [3.63, 3.8) is 0 Å². The van der Waals surface area contributed by atoms with Crippen LogP contribution in [0.5, 0.6) is 0 Å². The number of aryl methyl sites for hydroxylation is 1. The van der Waals surface area contributed by atoms with Gasteiger partial charge in [0.15, 0.2) is 0 Å². The van der Waals surface area contributed by atoms with Crippen molar-refractivity contribution in [2.24, 2.45) is 0 Å². The molecular formula is C20H22ClN3O4S.